The van der Waals surface area contributed by atoms with Crippen molar-refractivity contribution in [1.29, 1.82) is 0 Å². The van der Waals surface area contributed by atoms with Crippen LogP contribution in [0, 0.1) is 3.83 Å². The minimum absolute atomic E-state index is 0.110. The Kier molecular flexibility index (Phi) is 11.6. The average Bonchev–Trinajstić information content (AvgIpc) is 3.30. The fraction of sp³-hybridized carbons (Fsp3) is 0.833. The summed E-state index contributed by atoms with van der Waals surface area (Å²) in [6, 6.07) is 0. The third-order valence-corrected chi connectivity index (χ3v) is 20.4. The van der Waals surface area contributed by atoms with Crippen molar-refractivity contribution in [2.75, 3.05) is 12.3 Å². The van der Waals surface area contributed by atoms with Gasteiger partial charge >= 0.3 is 7.82 Å². The zero-order valence-corrected chi connectivity index (χ0v) is 35.7. The van der Waals surface area contributed by atoms with Crippen molar-refractivity contribution in [3.63, 3.8) is 0 Å². The number of phosphoric ester groups is 1. The minimum atomic E-state index is -4.06. The second kappa shape index (κ2) is 13.3. The lowest BCUT2D eigenvalue weighted by molar-refractivity contribution is -0.0606. The molecule has 1 aliphatic heterocycles. The van der Waals surface area contributed by atoms with E-state index < -0.39 is 60.2 Å². The molecule has 0 radical (unpaired) electrons. The van der Waals surface area contributed by atoms with E-state index in [2.05, 4.69) is 100 Å². The summed E-state index contributed by atoms with van der Waals surface area (Å²) in [7, 11) is -8.90. The molecule has 0 aliphatic carbocycles. The highest BCUT2D eigenvalue weighted by Gasteiger charge is 2.55. The van der Waals surface area contributed by atoms with Crippen molar-refractivity contribution in [3.05, 3.63) is 10.2 Å². The van der Waals surface area contributed by atoms with Gasteiger partial charge in [-0.05, 0) is 77.8 Å². The minimum Gasteiger partial charge on any atom is -0.408 e. The molecule has 12 nitrogen and oxygen atoms in total. The number of phosphoric acid groups is 1. The topological polar surface area (TPSA) is 142 Å². The Morgan fingerprint density at radius 1 is 0.870 bits per heavy atom. The number of hydrogen-bond donors (Lipinski definition) is 1. The molecule has 1 aliphatic rings. The maximum absolute atomic E-state index is 14.1. The van der Waals surface area contributed by atoms with Crippen LogP contribution >= 0.6 is 30.4 Å². The van der Waals surface area contributed by atoms with Crippen molar-refractivity contribution < 1.29 is 31.7 Å². The third kappa shape index (κ3) is 9.39. The van der Waals surface area contributed by atoms with Gasteiger partial charge < -0.3 is 19.3 Å². The maximum atomic E-state index is 14.1. The number of ether oxygens (including phenoxy) is 1. The number of halogens is 1. The SMILES string of the molecule is CC(C)(C)OP(=O)(OC[C@H]1O[C@@H](n2c(I)nc3c(N)ncnc32)[C@H](O[Si](C)(C)C(C)(C)C)[C@@H]1O[Si](C)(C)C(C)(C)C)OC(C)(C)C. The number of hydrogen-bond acceptors (Lipinski definition) is 11. The predicted molar refractivity (Wildman–Crippen MR) is 196 cm³/mol. The quantitative estimate of drug-likeness (QED) is 0.107. The maximum Gasteiger partial charge on any atom is 0.475 e. The van der Waals surface area contributed by atoms with Crippen LogP contribution in [0.25, 0.3) is 11.2 Å². The number of imidazole rings is 1. The highest BCUT2D eigenvalue weighted by atomic mass is 127. The predicted octanol–water partition coefficient (Wildman–Crippen LogP) is 8.45. The summed E-state index contributed by atoms with van der Waals surface area (Å²) in [5, 5.41) is -0.225. The van der Waals surface area contributed by atoms with Crippen LogP contribution in [0.15, 0.2) is 6.33 Å². The lowest BCUT2D eigenvalue weighted by atomic mass is 10.1. The van der Waals surface area contributed by atoms with E-state index in [1.54, 1.807) is 0 Å². The number of anilines is 1. The summed E-state index contributed by atoms with van der Waals surface area (Å²) in [5.74, 6) is 0.273. The van der Waals surface area contributed by atoms with Gasteiger partial charge in [0, 0.05) is 22.6 Å². The molecule has 0 aromatic carbocycles. The van der Waals surface area contributed by atoms with Crippen molar-refractivity contribution >= 4 is 64.0 Å². The van der Waals surface area contributed by atoms with E-state index >= 15 is 0 Å². The molecule has 2 aromatic rings. The monoisotopic (exact) mass is 813 g/mol. The molecule has 16 heteroatoms. The van der Waals surface area contributed by atoms with Crippen molar-refractivity contribution in [2.24, 2.45) is 0 Å². The van der Waals surface area contributed by atoms with Gasteiger partial charge in [-0.15, -0.1) is 0 Å². The number of nitrogens with two attached hydrogens (primary N) is 1. The van der Waals surface area contributed by atoms with Crippen molar-refractivity contribution in [1.82, 2.24) is 19.5 Å². The molecular formula is C30H57IN5O7PSi2. The van der Waals surface area contributed by atoms with Crippen LogP contribution in [0.2, 0.25) is 36.3 Å². The molecule has 0 unspecified atom stereocenters. The normalized spacial score (nSPS) is 22.6. The van der Waals surface area contributed by atoms with Gasteiger partial charge in [-0.2, -0.15) is 0 Å². The van der Waals surface area contributed by atoms with Gasteiger partial charge in [0.25, 0.3) is 0 Å². The molecule has 3 heterocycles. The Morgan fingerprint density at radius 2 is 1.35 bits per heavy atom. The first-order chi connectivity index (χ1) is 20.5. The summed E-state index contributed by atoms with van der Waals surface area (Å²) in [6.45, 7) is 32.7. The number of nitrogen functional groups attached to an aromatic ring is 1. The molecular weight excluding hydrogens is 756 g/mol. The van der Waals surface area contributed by atoms with Crippen molar-refractivity contribution in [3.8, 4) is 0 Å². The van der Waals surface area contributed by atoms with Crippen LogP contribution in [0.1, 0.15) is 89.3 Å². The Bertz CT molecular complexity index is 1410. The van der Waals surface area contributed by atoms with E-state index in [-0.39, 0.29) is 22.5 Å². The summed E-state index contributed by atoms with van der Waals surface area (Å²) in [6.07, 6.45) is -1.18. The van der Waals surface area contributed by atoms with Crippen LogP contribution in [0.5, 0.6) is 0 Å². The second-order valence-electron chi connectivity index (χ2n) is 17.1. The van der Waals surface area contributed by atoms with Gasteiger partial charge in [0.05, 0.1) is 17.8 Å². The van der Waals surface area contributed by atoms with Gasteiger partial charge in [0.15, 0.2) is 43.7 Å². The summed E-state index contributed by atoms with van der Waals surface area (Å²) in [4.78, 5) is 13.4. The summed E-state index contributed by atoms with van der Waals surface area (Å²) in [5.41, 5.74) is 5.63. The Hall–Kier alpha value is -0.496. The largest absolute Gasteiger partial charge is 0.475 e. The Labute approximate surface area is 291 Å². The third-order valence-electron chi connectivity index (χ3n) is 8.64. The highest BCUT2D eigenvalue weighted by molar-refractivity contribution is 14.1. The number of nitrogens with zero attached hydrogens (tertiary/aromatic N) is 4. The summed E-state index contributed by atoms with van der Waals surface area (Å²) < 4.78 is 56.0. The van der Waals surface area contributed by atoms with E-state index in [0.29, 0.717) is 15.0 Å². The van der Waals surface area contributed by atoms with E-state index in [1.807, 2.05) is 46.1 Å². The molecule has 0 bridgehead atoms. The molecule has 1 fully saturated rings. The molecule has 2 N–H and O–H groups in total. The highest BCUT2D eigenvalue weighted by Crippen LogP contribution is 2.56. The van der Waals surface area contributed by atoms with Gasteiger partial charge in [0.2, 0.25) is 0 Å². The standard InChI is InChI=1S/C30H57IN5O7PSi2/c1-27(2,3)42-44(37,43-28(4,5)6)38-17-19-21(40-45(13,14)29(7,8)9)22(41-46(15,16)30(10,11)12)25(39-19)36-24-20(35-26(36)31)23(32)33-18-34-24/h18-19,21-22,25H,17H2,1-16H3,(H2,32,33,34)/t19-,21-,22-,25-/m1/s1. The van der Waals surface area contributed by atoms with Crippen LogP contribution in [0.3, 0.4) is 0 Å². The Morgan fingerprint density at radius 3 is 1.80 bits per heavy atom. The average molecular weight is 814 g/mol. The lowest BCUT2D eigenvalue weighted by Crippen LogP contribution is -2.54. The number of aromatic nitrogens is 4. The molecule has 1 saturated heterocycles. The smallest absolute Gasteiger partial charge is 0.408 e. The fourth-order valence-electron chi connectivity index (χ4n) is 4.38. The van der Waals surface area contributed by atoms with E-state index in [9.17, 15) is 4.57 Å². The van der Waals surface area contributed by atoms with Crippen LogP contribution in [0.4, 0.5) is 5.82 Å². The first kappa shape index (κ1) is 39.9. The van der Waals surface area contributed by atoms with Gasteiger partial charge in [-0.25, -0.2) is 19.5 Å². The first-order valence-electron chi connectivity index (χ1n) is 15.8. The Balaban J connectivity index is 2.20. The fourth-order valence-corrected chi connectivity index (χ4v) is 9.55. The second-order valence-corrected chi connectivity index (χ2v) is 29.1. The molecule has 3 rings (SSSR count). The van der Waals surface area contributed by atoms with E-state index in [1.165, 1.54) is 6.33 Å². The molecule has 2 aromatic heterocycles. The molecule has 46 heavy (non-hydrogen) atoms. The van der Waals surface area contributed by atoms with Gasteiger partial charge in [0.1, 0.15) is 24.6 Å². The lowest BCUT2D eigenvalue weighted by Gasteiger charge is -2.44. The van der Waals surface area contributed by atoms with Crippen molar-refractivity contribution in [2.45, 2.75) is 155 Å². The van der Waals surface area contributed by atoms with Crippen LogP contribution in [-0.2, 0) is 31.7 Å². The molecule has 0 spiro atoms. The first-order valence-corrected chi connectivity index (χ1v) is 24.1. The molecule has 264 valence electrons. The van der Waals surface area contributed by atoms with Gasteiger partial charge in [-0.3, -0.25) is 18.1 Å². The van der Waals surface area contributed by atoms with E-state index in [0.717, 1.165) is 0 Å². The zero-order valence-electron chi connectivity index (χ0n) is 30.6. The van der Waals surface area contributed by atoms with Crippen LogP contribution < -0.4 is 5.73 Å². The molecule has 4 atom stereocenters. The van der Waals surface area contributed by atoms with Crippen LogP contribution in [-0.4, -0.2) is 72.3 Å². The molecule has 0 saturated carbocycles. The summed E-state index contributed by atoms with van der Waals surface area (Å²) >= 11 is 2.16. The van der Waals surface area contributed by atoms with E-state index in [4.69, 9.17) is 37.9 Å². The number of fused-ring (bicyclic) bond motifs is 1. The molecule has 0 amide bonds. The van der Waals surface area contributed by atoms with Gasteiger partial charge in [-0.1, -0.05) is 41.5 Å². The zero-order chi connectivity index (χ0) is 35.5. The number of rotatable bonds is 10.